The van der Waals surface area contributed by atoms with Crippen molar-refractivity contribution in [1.82, 2.24) is 4.57 Å². The monoisotopic (exact) mass is 526 g/mol. The first-order valence-electron chi connectivity index (χ1n) is 12.0. The molecular weight excluding hydrogens is 497 g/mol. The fraction of sp³-hybridized carbons (Fsp3) is 0.321. The Morgan fingerprint density at radius 2 is 2.05 bits per heavy atom. The third kappa shape index (κ3) is 6.35. The summed E-state index contributed by atoms with van der Waals surface area (Å²) in [6, 6.07) is 11.7. The maximum absolute atomic E-state index is 13.5. The van der Waals surface area contributed by atoms with Crippen LogP contribution in [0.5, 0.6) is 5.75 Å². The molecule has 0 bridgehead atoms. The number of nitrogens with two attached hydrogens (primary N) is 1. The Balaban J connectivity index is 1.61. The number of hydrogen-bond acceptors (Lipinski definition) is 5. The van der Waals surface area contributed by atoms with Gasteiger partial charge in [0.15, 0.2) is 0 Å². The van der Waals surface area contributed by atoms with Gasteiger partial charge in [0.25, 0.3) is 0 Å². The van der Waals surface area contributed by atoms with Crippen LogP contribution in [0, 0.1) is 11.8 Å². The Morgan fingerprint density at radius 3 is 2.74 bits per heavy atom. The number of carbonyl (C=O) groups is 1. The van der Waals surface area contributed by atoms with Gasteiger partial charge in [-0.3, -0.25) is 4.79 Å². The molecule has 0 aliphatic carbocycles. The number of fused-ring (bicyclic) bond motifs is 1. The SMILES string of the molecule is C=C1C[C@@H](Nc2cccc3c2cc(C#CCNc2ccc(C(N)=O)cc2OC)n3CC(F)(F)F)C[C@H](C)O1. The number of hydrogen-bond donors (Lipinski definition) is 3. The molecule has 2 aromatic carbocycles. The van der Waals surface area contributed by atoms with Crippen LogP contribution in [0.2, 0.25) is 0 Å². The van der Waals surface area contributed by atoms with E-state index in [9.17, 15) is 18.0 Å². The molecule has 0 spiro atoms. The number of primary amides is 1. The average Bonchev–Trinajstić information content (AvgIpc) is 3.18. The molecule has 38 heavy (non-hydrogen) atoms. The number of nitrogens with one attached hydrogen (secondary N) is 2. The molecule has 1 fully saturated rings. The minimum Gasteiger partial charge on any atom is -0.496 e. The molecule has 10 heteroatoms. The van der Waals surface area contributed by atoms with Crippen molar-refractivity contribution in [2.24, 2.45) is 5.73 Å². The summed E-state index contributed by atoms with van der Waals surface area (Å²) in [6.45, 7) is 4.85. The van der Waals surface area contributed by atoms with Gasteiger partial charge in [0.05, 0.1) is 42.4 Å². The van der Waals surface area contributed by atoms with Crippen molar-refractivity contribution in [3.05, 3.63) is 66.1 Å². The zero-order chi connectivity index (χ0) is 27.4. The zero-order valence-corrected chi connectivity index (χ0v) is 21.1. The van der Waals surface area contributed by atoms with E-state index in [0.29, 0.717) is 40.1 Å². The third-order valence-corrected chi connectivity index (χ3v) is 6.17. The van der Waals surface area contributed by atoms with Crippen LogP contribution in [-0.4, -0.2) is 42.5 Å². The van der Waals surface area contributed by atoms with Gasteiger partial charge in [-0.15, -0.1) is 0 Å². The van der Waals surface area contributed by atoms with E-state index in [1.807, 2.05) is 13.0 Å². The summed E-state index contributed by atoms with van der Waals surface area (Å²) >= 11 is 0. The van der Waals surface area contributed by atoms with Gasteiger partial charge in [0.1, 0.15) is 12.3 Å². The minimum absolute atomic E-state index is 0.00216. The molecule has 0 radical (unpaired) electrons. The summed E-state index contributed by atoms with van der Waals surface area (Å²) in [5, 5.41) is 7.18. The Bertz CT molecular complexity index is 1420. The highest BCUT2D eigenvalue weighted by Crippen LogP contribution is 2.32. The second-order valence-corrected chi connectivity index (χ2v) is 9.15. The molecule has 7 nitrogen and oxygen atoms in total. The lowest BCUT2D eigenvalue weighted by Gasteiger charge is -2.31. The van der Waals surface area contributed by atoms with Gasteiger partial charge in [0, 0.05) is 35.5 Å². The maximum Gasteiger partial charge on any atom is 0.406 e. The van der Waals surface area contributed by atoms with E-state index in [4.69, 9.17) is 15.2 Å². The number of rotatable bonds is 7. The van der Waals surface area contributed by atoms with E-state index >= 15 is 0 Å². The van der Waals surface area contributed by atoms with Crippen LogP contribution in [0.4, 0.5) is 24.5 Å². The number of alkyl halides is 3. The van der Waals surface area contributed by atoms with Crippen LogP contribution in [0.3, 0.4) is 0 Å². The molecule has 1 aliphatic rings. The highest BCUT2D eigenvalue weighted by atomic mass is 19.4. The Kier molecular flexibility index (Phi) is 7.76. The summed E-state index contributed by atoms with van der Waals surface area (Å²) in [4.78, 5) is 11.4. The smallest absolute Gasteiger partial charge is 0.406 e. The Hall–Kier alpha value is -4.26. The highest BCUT2D eigenvalue weighted by Gasteiger charge is 2.30. The van der Waals surface area contributed by atoms with Crippen LogP contribution in [0.25, 0.3) is 10.9 Å². The van der Waals surface area contributed by atoms with Crippen molar-refractivity contribution in [3.8, 4) is 17.6 Å². The van der Waals surface area contributed by atoms with E-state index in [0.717, 1.165) is 12.1 Å². The van der Waals surface area contributed by atoms with Gasteiger partial charge in [-0.25, -0.2) is 0 Å². The number of methoxy groups -OCH3 is 1. The van der Waals surface area contributed by atoms with E-state index < -0.39 is 18.6 Å². The first-order valence-corrected chi connectivity index (χ1v) is 12.0. The molecule has 1 aliphatic heterocycles. The quantitative estimate of drug-likeness (QED) is 0.365. The van der Waals surface area contributed by atoms with Gasteiger partial charge in [0.2, 0.25) is 5.91 Å². The van der Waals surface area contributed by atoms with Crippen LogP contribution in [-0.2, 0) is 11.3 Å². The number of anilines is 2. The van der Waals surface area contributed by atoms with Gasteiger partial charge in [-0.2, -0.15) is 13.2 Å². The van der Waals surface area contributed by atoms with Crippen molar-refractivity contribution < 1.29 is 27.4 Å². The summed E-state index contributed by atoms with van der Waals surface area (Å²) in [5.41, 5.74) is 7.58. The van der Waals surface area contributed by atoms with Crippen molar-refractivity contribution in [2.75, 3.05) is 24.3 Å². The fourth-order valence-electron chi connectivity index (χ4n) is 4.60. The van der Waals surface area contributed by atoms with Gasteiger partial charge < -0.3 is 30.4 Å². The predicted octanol–water partition coefficient (Wildman–Crippen LogP) is 5.27. The average molecular weight is 527 g/mol. The zero-order valence-electron chi connectivity index (χ0n) is 21.1. The molecule has 200 valence electrons. The molecule has 1 amide bonds. The first-order chi connectivity index (χ1) is 18.0. The highest BCUT2D eigenvalue weighted by molar-refractivity contribution is 5.94. The number of nitrogens with zero attached hydrogens (tertiary/aromatic N) is 1. The number of carbonyl (C=O) groups excluding carboxylic acids is 1. The lowest BCUT2D eigenvalue weighted by molar-refractivity contribution is -0.140. The van der Waals surface area contributed by atoms with E-state index in [2.05, 4.69) is 29.1 Å². The standard InChI is InChI=1S/C28H29F3N4O3/c1-17-12-20(13-18(2)38-17)34-23-7-4-8-25-22(23)15-21(35(25)16-28(29,30)31)6-5-11-33-24-10-9-19(27(32)36)14-26(24)37-3/h4,7-10,14-15,18,20,33-34H,1,11-13,16H2,2-3H3,(H2,32,36)/t18-,20+/m0/s1. The third-order valence-electron chi connectivity index (χ3n) is 6.17. The van der Waals surface area contributed by atoms with Crippen LogP contribution < -0.4 is 21.1 Å². The number of halogens is 3. The minimum atomic E-state index is -4.42. The molecule has 3 aromatic rings. The Labute approximate surface area is 218 Å². The van der Waals surface area contributed by atoms with Crippen molar-refractivity contribution in [3.63, 3.8) is 0 Å². The van der Waals surface area contributed by atoms with Crippen molar-refractivity contribution in [1.29, 1.82) is 0 Å². The van der Waals surface area contributed by atoms with Crippen LogP contribution >= 0.6 is 0 Å². The summed E-state index contributed by atoms with van der Waals surface area (Å²) < 4.78 is 52.6. The van der Waals surface area contributed by atoms with Gasteiger partial charge >= 0.3 is 6.18 Å². The second-order valence-electron chi connectivity index (χ2n) is 9.15. The molecule has 1 saturated heterocycles. The molecule has 2 atom stereocenters. The molecule has 4 N–H and O–H groups in total. The summed E-state index contributed by atoms with van der Waals surface area (Å²) in [5.74, 6) is 6.27. The van der Waals surface area contributed by atoms with Crippen molar-refractivity contribution >= 4 is 28.2 Å². The summed E-state index contributed by atoms with van der Waals surface area (Å²) in [6.07, 6.45) is -3.05. The lowest BCUT2D eigenvalue weighted by Crippen LogP contribution is -2.31. The predicted molar refractivity (Wildman–Crippen MR) is 141 cm³/mol. The van der Waals surface area contributed by atoms with E-state index in [1.165, 1.54) is 17.7 Å². The molecule has 4 rings (SSSR count). The summed E-state index contributed by atoms with van der Waals surface area (Å²) in [7, 11) is 1.45. The molecule has 0 unspecified atom stereocenters. The maximum atomic E-state index is 13.5. The van der Waals surface area contributed by atoms with Gasteiger partial charge in [-0.05, 0) is 49.2 Å². The fourth-order valence-corrected chi connectivity index (χ4v) is 4.60. The molecule has 1 aromatic heterocycles. The lowest BCUT2D eigenvalue weighted by atomic mass is 10.0. The van der Waals surface area contributed by atoms with E-state index in [1.54, 1.807) is 30.3 Å². The van der Waals surface area contributed by atoms with E-state index in [-0.39, 0.29) is 24.4 Å². The Morgan fingerprint density at radius 1 is 1.26 bits per heavy atom. The number of aromatic nitrogens is 1. The second kappa shape index (κ2) is 11.0. The van der Waals surface area contributed by atoms with Crippen molar-refractivity contribution in [2.45, 2.75) is 44.6 Å². The molecule has 2 heterocycles. The number of amides is 1. The number of ether oxygens (including phenoxy) is 2. The number of benzene rings is 2. The van der Waals surface area contributed by atoms with Crippen LogP contribution in [0.15, 0.2) is 54.8 Å². The normalized spacial score (nSPS) is 17.3. The molecular formula is C28H29F3N4O3. The van der Waals surface area contributed by atoms with Crippen LogP contribution in [0.1, 0.15) is 35.8 Å². The topological polar surface area (TPSA) is 90.5 Å². The first kappa shape index (κ1) is 26.8. The van der Waals surface area contributed by atoms with Gasteiger partial charge in [-0.1, -0.05) is 18.6 Å². The largest absolute Gasteiger partial charge is 0.496 e. The molecule has 0 saturated carbocycles.